The Morgan fingerprint density at radius 2 is 1.89 bits per heavy atom. The van der Waals surface area contributed by atoms with Crippen molar-refractivity contribution in [3.05, 3.63) is 41.6 Å². The molecule has 1 heterocycles. The number of hydrogen-bond donors (Lipinski definition) is 2. The van der Waals surface area contributed by atoms with Crippen LogP contribution in [0.25, 0.3) is 11.4 Å². The van der Waals surface area contributed by atoms with E-state index >= 15 is 0 Å². The van der Waals surface area contributed by atoms with Gasteiger partial charge in [0.2, 0.25) is 0 Å². The molecule has 0 unspecified atom stereocenters. The summed E-state index contributed by atoms with van der Waals surface area (Å²) in [5.74, 6) is 1.15. The fourth-order valence-corrected chi connectivity index (χ4v) is 1.77. The molecule has 100 valence electrons. The third-order valence-electron chi connectivity index (χ3n) is 2.59. The Labute approximate surface area is 117 Å². The number of aliphatic hydroxyl groups excluding tert-OH is 1. The highest BCUT2D eigenvalue weighted by atomic mass is 35.5. The van der Waals surface area contributed by atoms with E-state index in [9.17, 15) is 5.11 Å². The number of nitrogens with one attached hydrogen (secondary N) is 1. The number of hydrogen-bond acceptors (Lipinski definition) is 4. The van der Waals surface area contributed by atoms with Crippen molar-refractivity contribution < 1.29 is 5.11 Å². The van der Waals surface area contributed by atoms with Crippen molar-refractivity contribution in [2.24, 2.45) is 0 Å². The molecular formula is C14H16ClN3O. The van der Waals surface area contributed by atoms with Crippen molar-refractivity contribution in [2.75, 3.05) is 11.9 Å². The minimum atomic E-state index is -0.467. The maximum absolute atomic E-state index is 9.27. The van der Waals surface area contributed by atoms with Crippen LogP contribution in [0.4, 0.5) is 5.82 Å². The molecule has 0 saturated heterocycles. The number of benzene rings is 1. The Morgan fingerprint density at radius 1 is 1.21 bits per heavy atom. The first-order valence-electron chi connectivity index (χ1n) is 5.99. The van der Waals surface area contributed by atoms with Gasteiger partial charge in [-0.25, -0.2) is 9.97 Å². The number of rotatable bonds is 4. The topological polar surface area (TPSA) is 58.0 Å². The van der Waals surface area contributed by atoms with E-state index in [0.717, 1.165) is 5.56 Å². The molecule has 0 amide bonds. The van der Waals surface area contributed by atoms with E-state index in [1.54, 1.807) is 6.07 Å². The van der Waals surface area contributed by atoms with Gasteiger partial charge in [-0.1, -0.05) is 41.9 Å². The molecule has 19 heavy (non-hydrogen) atoms. The van der Waals surface area contributed by atoms with Crippen LogP contribution < -0.4 is 5.32 Å². The molecule has 1 aromatic carbocycles. The average Bonchev–Trinajstić information content (AvgIpc) is 2.38. The average molecular weight is 278 g/mol. The molecule has 0 bridgehead atoms. The van der Waals surface area contributed by atoms with E-state index < -0.39 is 5.54 Å². The normalized spacial score (nSPS) is 11.4. The number of aromatic nitrogens is 2. The van der Waals surface area contributed by atoms with Gasteiger partial charge in [0.15, 0.2) is 5.82 Å². The maximum atomic E-state index is 9.27. The summed E-state index contributed by atoms with van der Waals surface area (Å²) in [6.07, 6.45) is 0. The second kappa shape index (κ2) is 5.55. The van der Waals surface area contributed by atoms with E-state index in [0.29, 0.717) is 16.8 Å². The van der Waals surface area contributed by atoms with Gasteiger partial charge >= 0.3 is 0 Å². The summed E-state index contributed by atoms with van der Waals surface area (Å²) in [5.41, 5.74) is 0.431. The lowest BCUT2D eigenvalue weighted by molar-refractivity contribution is 0.234. The first-order chi connectivity index (χ1) is 9.00. The summed E-state index contributed by atoms with van der Waals surface area (Å²) >= 11 is 6.02. The molecule has 0 atom stereocenters. The van der Waals surface area contributed by atoms with Crippen LogP contribution in [-0.4, -0.2) is 27.2 Å². The monoisotopic (exact) mass is 277 g/mol. The van der Waals surface area contributed by atoms with Crippen molar-refractivity contribution in [3.8, 4) is 11.4 Å². The van der Waals surface area contributed by atoms with Crippen LogP contribution in [-0.2, 0) is 0 Å². The minimum Gasteiger partial charge on any atom is -0.394 e. The SMILES string of the molecule is CC(C)(CO)Nc1cc(Cl)nc(-c2ccccc2)n1. The zero-order chi connectivity index (χ0) is 13.9. The van der Waals surface area contributed by atoms with Crippen LogP contribution in [0, 0.1) is 0 Å². The van der Waals surface area contributed by atoms with E-state index in [1.165, 1.54) is 0 Å². The highest BCUT2D eigenvalue weighted by Crippen LogP contribution is 2.21. The van der Waals surface area contributed by atoms with Crippen LogP contribution in [0.2, 0.25) is 5.15 Å². The Bertz CT molecular complexity index is 558. The van der Waals surface area contributed by atoms with Crippen LogP contribution in [0.5, 0.6) is 0 Å². The quantitative estimate of drug-likeness (QED) is 0.844. The molecule has 0 aliphatic heterocycles. The van der Waals surface area contributed by atoms with Gasteiger partial charge in [0.05, 0.1) is 12.1 Å². The van der Waals surface area contributed by atoms with Crippen LogP contribution in [0.1, 0.15) is 13.8 Å². The smallest absolute Gasteiger partial charge is 0.163 e. The molecule has 0 aliphatic carbocycles. The molecule has 0 aliphatic rings. The van der Waals surface area contributed by atoms with E-state index in [1.807, 2.05) is 44.2 Å². The third-order valence-corrected chi connectivity index (χ3v) is 2.78. The first kappa shape index (κ1) is 13.8. The number of nitrogens with zero attached hydrogens (tertiary/aromatic N) is 2. The van der Waals surface area contributed by atoms with Gasteiger partial charge in [-0.2, -0.15) is 0 Å². The summed E-state index contributed by atoms with van der Waals surface area (Å²) in [5, 5.41) is 12.8. The predicted octanol–water partition coefficient (Wildman–Crippen LogP) is 2.98. The fraction of sp³-hybridized carbons (Fsp3) is 0.286. The van der Waals surface area contributed by atoms with Gasteiger partial charge in [0.25, 0.3) is 0 Å². The van der Waals surface area contributed by atoms with Gasteiger partial charge in [0, 0.05) is 11.6 Å². The van der Waals surface area contributed by atoms with Gasteiger partial charge in [-0.05, 0) is 13.8 Å². The van der Waals surface area contributed by atoms with E-state index in [4.69, 9.17) is 11.6 Å². The van der Waals surface area contributed by atoms with E-state index in [2.05, 4.69) is 15.3 Å². The Hall–Kier alpha value is -1.65. The second-order valence-electron chi connectivity index (χ2n) is 4.93. The molecule has 2 N–H and O–H groups in total. The summed E-state index contributed by atoms with van der Waals surface area (Å²) in [7, 11) is 0. The van der Waals surface area contributed by atoms with Crippen LogP contribution >= 0.6 is 11.6 Å². The zero-order valence-corrected chi connectivity index (χ0v) is 11.6. The molecule has 5 heteroatoms. The van der Waals surface area contributed by atoms with Crippen LogP contribution in [0.15, 0.2) is 36.4 Å². The molecule has 0 fully saturated rings. The van der Waals surface area contributed by atoms with Crippen molar-refractivity contribution >= 4 is 17.4 Å². The molecule has 1 aromatic heterocycles. The van der Waals surface area contributed by atoms with Crippen molar-refractivity contribution in [2.45, 2.75) is 19.4 Å². The molecule has 0 radical (unpaired) electrons. The lowest BCUT2D eigenvalue weighted by atomic mass is 10.1. The summed E-state index contributed by atoms with van der Waals surface area (Å²) in [6.45, 7) is 3.76. The predicted molar refractivity (Wildman–Crippen MR) is 77.3 cm³/mol. The summed E-state index contributed by atoms with van der Waals surface area (Å²) < 4.78 is 0. The highest BCUT2D eigenvalue weighted by molar-refractivity contribution is 6.29. The van der Waals surface area contributed by atoms with Gasteiger partial charge in [0.1, 0.15) is 11.0 Å². The highest BCUT2D eigenvalue weighted by Gasteiger charge is 2.17. The number of halogens is 1. The molecule has 2 aromatic rings. The van der Waals surface area contributed by atoms with Crippen molar-refractivity contribution in [1.82, 2.24) is 9.97 Å². The largest absolute Gasteiger partial charge is 0.394 e. The summed E-state index contributed by atoms with van der Waals surface area (Å²) in [4.78, 5) is 8.63. The van der Waals surface area contributed by atoms with Crippen molar-refractivity contribution in [1.29, 1.82) is 0 Å². The lowest BCUT2D eigenvalue weighted by Crippen LogP contribution is -2.35. The van der Waals surface area contributed by atoms with Crippen LogP contribution in [0.3, 0.4) is 0 Å². The number of aliphatic hydroxyl groups is 1. The molecular weight excluding hydrogens is 262 g/mol. The molecule has 4 nitrogen and oxygen atoms in total. The zero-order valence-electron chi connectivity index (χ0n) is 10.9. The third kappa shape index (κ3) is 3.66. The minimum absolute atomic E-state index is 0.00467. The second-order valence-corrected chi connectivity index (χ2v) is 5.32. The number of anilines is 1. The lowest BCUT2D eigenvalue weighted by Gasteiger charge is -2.24. The Balaban J connectivity index is 2.35. The Kier molecular flexibility index (Phi) is 4.02. The molecule has 0 spiro atoms. The van der Waals surface area contributed by atoms with Crippen molar-refractivity contribution in [3.63, 3.8) is 0 Å². The van der Waals surface area contributed by atoms with Gasteiger partial charge in [-0.15, -0.1) is 0 Å². The first-order valence-corrected chi connectivity index (χ1v) is 6.37. The maximum Gasteiger partial charge on any atom is 0.163 e. The van der Waals surface area contributed by atoms with E-state index in [-0.39, 0.29) is 6.61 Å². The molecule has 2 rings (SSSR count). The standard InChI is InChI=1S/C14H16ClN3O/c1-14(2,9-19)18-12-8-11(15)16-13(17-12)10-6-4-3-5-7-10/h3-8,19H,9H2,1-2H3,(H,16,17,18). The fourth-order valence-electron chi connectivity index (χ4n) is 1.58. The summed E-state index contributed by atoms with van der Waals surface area (Å²) in [6, 6.07) is 11.3. The van der Waals surface area contributed by atoms with Gasteiger partial charge in [-0.3, -0.25) is 0 Å². The Morgan fingerprint density at radius 3 is 2.53 bits per heavy atom. The molecule has 0 saturated carbocycles. The van der Waals surface area contributed by atoms with Gasteiger partial charge < -0.3 is 10.4 Å².